The van der Waals surface area contributed by atoms with Crippen molar-refractivity contribution in [2.75, 3.05) is 19.8 Å². The van der Waals surface area contributed by atoms with Crippen LogP contribution in [-0.2, 0) is 39.9 Å². The van der Waals surface area contributed by atoms with Gasteiger partial charge >= 0.3 is 17.9 Å². The third-order valence-corrected chi connectivity index (χ3v) is 3.86. The fraction of sp³-hybridized carbons (Fsp3) is 0.476. The van der Waals surface area contributed by atoms with Crippen LogP contribution < -0.4 is 0 Å². The number of carbonyl (C=O) groups is 3. The van der Waals surface area contributed by atoms with Crippen LogP contribution in [0.1, 0.15) is 39.7 Å². The second-order valence-electron chi connectivity index (χ2n) is 5.91. The molecule has 1 aromatic rings. The number of carbonyl (C=O) groups excluding carboxylic acids is 3. The largest absolute Gasteiger partial charge is 0.464 e. The highest BCUT2D eigenvalue weighted by molar-refractivity contribution is 5.92. The third-order valence-electron chi connectivity index (χ3n) is 3.86. The van der Waals surface area contributed by atoms with E-state index in [2.05, 4.69) is 0 Å². The standard InChI is InChI=1S/C21H28O7/c1-5-21(20(24)26-7-3,28-14-17-11-9-8-10-12-17)13-18(15-27-16(4)22)19(23)25-6-2/h8-13H,5-7,14-15H2,1-4H3/b18-13+. The molecule has 28 heavy (non-hydrogen) atoms. The van der Waals surface area contributed by atoms with Crippen molar-refractivity contribution in [1.29, 1.82) is 0 Å². The molecule has 0 spiro atoms. The minimum Gasteiger partial charge on any atom is -0.464 e. The molecule has 1 rings (SSSR count). The Kier molecular flexibility index (Phi) is 9.95. The van der Waals surface area contributed by atoms with Crippen molar-refractivity contribution in [3.8, 4) is 0 Å². The second kappa shape index (κ2) is 11.9. The van der Waals surface area contributed by atoms with Crippen molar-refractivity contribution < 1.29 is 33.3 Å². The van der Waals surface area contributed by atoms with E-state index >= 15 is 0 Å². The predicted molar refractivity (Wildman–Crippen MR) is 102 cm³/mol. The molecule has 154 valence electrons. The molecule has 1 aromatic carbocycles. The van der Waals surface area contributed by atoms with Gasteiger partial charge in [-0.1, -0.05) is 37.3 Å². The predicted octanol–water partition coefficient (Wildman–Crippen LogP) is 2.97. The monoisotopic (exact) mass is 392 g/mol. The Morgan fingerprint density at radius 2 is 1.61 bits per heavy atom. The van der Waals surface area contributed by atoms with E-state index < -0.39 is 23.5 Å². The van der Waals surface area contributed by atoms with Gasteiger partial charge in [-0.25, -0.2) is 9.59 Å². The van der Waals surface area contributed by atoms with Gasteiger partial charge in [0.15, 0.2) is 5.60 Å². The Balaban J connectivity index is 3.26. The zero-order valence-corrected chi connectivity index (χ0v) is 16.9. The first-order valence-electron chi connectivity index (χ1n) is 9.25. The van der Waals surface area contributed by atoms with Gasteiger partial charge in [0, 0.05) is 6.92 Å². The van der Waals surface area contributed by atoms with E-state index in [0.29, 0.717) is 0 Å². The van der Waals surface area contributed by atoms with Gasteiger partial charge in [-0.2, -0.15) is 0 Å². The quantitative estimate of drug-likeness (QED) is 0.325. The van der Waals surface area contributed by atoms with Gasteiger partial charge in [-0.3, -0.25) is 4.79 Å². The normalized spacial score (nSPS) is 13.4. The van der Waals surface area contributed by atoms with Crippen LogP contribution in [0.3, 0.4) is 0 Å². The van der Waals surface area contributed by atoms with Crippen molar-refractivity contribution in [2.24, 2.45) is 0 Å². The van der Waals surface area contributed by atoms with Crippen LogP contribution in [-0.4, -0.2) is 43.3 Å². The van der Waals surface area contributed by atoms with E-state index in [0.717, 1.165) is 5.56 Å². The van der Waals surface area contributed by atoms with Crippen LogP contribution in [0, 0.1) is 0 Å². The van der Waals surface area contributed by atoms with E-state index in [1.807, 2.05) is 30.3 Å². The molecule has 0 fully saturated rings. The van der Waals surface area contributed by atoms with Crippen LogP contribution in [0.4, 0.5) is 0 Å². The van der Waals surface area contributed by atoms with E-state index in [9.17, 15) is 14.4 Å². The molecular formula is C21H28O7. The highest BCUT2D eigenvalue weighted by Crippen LogP contribution is 2.25. The fourth-order valence-electron chi connectivity index (χ4n) is 2.39. The molecule has 0 amide bonds. The molecule has 0 radical (unpaired) electrons. The molecule has 0 bridgehead atoms. The Labute approximate surface area is 165 Å². The zero-order valence-electron chi connectivity index (χ0n) is 16.9. The van der Waals surface area contributed by atoms with Crippen LogP contribution in [0.5, 0.6) is 0 Å². The maximum Gasteiger partial charge on any atom is 0.342 e. The van der Waals surface area contributed by atoms with Crippen molar-refractivity contribution in [3.05, 3.63) is 47.5 Å². The van der Waals surface area contributed by atoms with Crippen molar-refractivity contribution in [3.63, 3.8) is 0 Å². The zero-order chi connectivity index (χ0) is 21.0. The molecule has 1 unspecified atom stereocenters. The Bertz CT molecular complexity index is 681. The van der Waals surface area contributed by atoms with Gasteiger partial charge in [0.25, 0.3) is 0 Å². The summed E-state index contributed by atoms with van der Waals surface area (Å²) in [4.78, 5) is 36.2. The molecule has 0 heterocycles. The van der Waals surface area contributed by atoms with Crippen LogP contribution in [0.2, 0.25) is 0 Å². The van der Waals surface area contributed by atoms with Crippen molar-refractivity contribution >= 4 is 17.9 Å². The molecule has 0 aliphatic heterocycles. The van der Waals surface area contributed by atoms with Gasteiger partial charge in [-0.15, -0.1) is 0 Å². The average molecular weight is 392 g/mol. The first-order valence-corrected chi connectivity index (χ1v) is 9.25. The molecule has 0 saturated carbocycles. The summed E-state index contributed by atoms with van der Waals surface area (Å²) in [6.45, 7) is 6.41. The number of esters is 3. The summed E-state index contributed by atoms with van der Waals surface area (Å²) in [6.07, 6.45) is 1.55. The second-order valence-corrected chi connectivity index (χ2v) is 5.91. The SMILES string of the molecule is CCOC(=O)/C(=C/C(CC)(OCc1ccccc1)C(=O)OCC)COC(C)=O. The van der Waals surface area contributed by atoms with E-state index in [1.54, 1.807) is 20.8 Å². The lowest BCUT2D eigenvalue weighted by atomic mass is 9.96. The fourth-order valence-corrected chi connectivity index (χ4v) is 2.39. The van der Waals surface area contributed by atoms with Gasteiger partial charge in [0.1, 0.15) is 6.61 Å². The number of hydrogen-bond donors (Lipinski definition) is 0. The first-order chi connectivity index (χ1) is 13.4. The van der Waals surface area contributed by atoms with Gasteiger partial charge in [0.2, 0.25) is 0 Å². The Hall–Kier alpha value is -2.67. The van der Waals surface area contributed by atoms with Crippen molar-refractivity contribution in [1.82, 2.24) is 0 Å². The van der Waals surface area contributed by atoms with Crippen molar-refractivity contribution in [2.45, 2.75) is 46.3 Å². The maximum atomic E-state index is 12.7. The molecule has 0 aliphatic rings. The summed E-state index contributed by atoms with van der Waals surface area (Å²) in [5.74, 6) is -1.87. The molecule has 0 N–H and O–H groups in total. The van der Waals surface area contributed by atoms with E-state index in [1.165, 1.54) is 13.0 Å². The molecule has 0 aliphatic carbocycles. The lowest BCUT2D eigenvalue weighted by Crippen LogP contribution is -2.41. The molecule has 0 aromatic heterocycles. The molecular weight excluding hydrogens is 364 g/mol. The number of ether oxygens (including phenoxy) is 4. The van der Waals surface area contributed by atoms with Gasteiger partial charge in [0.05, 0.1) is 25.4 Å². The first kappa shape index (κ1) is 23.4. The average Bonchev–Trinajstić information content (AvgIpc) is 2.68. The molecule has 1 atom stereocenters. The van der Waals surface area contributed by atoms with Crippen LogP contribution in [0.25, 0.3) is 0 Å². The summed E-state index contributed by atoms with van der Waals surface area (Å²) in [5.41, 5.74) is -0.649. The van der Waals surface area contributed by atoms with Crippen LogP contribution >= 0.6 is 0 Å². The molecule has 0 saturated heterocycles. The summed E-state index contributed by atoms with van der Waals surface area (Å²) >= 11 is 0. The summed E-state index contributed by atoms with van der Waals surface area (Å²) in [6, 6.07) is 9.31. The minimum atomic E-state index is -1.52. The topological polar surface area (TPSA) is 88.1 Å². The number of benzene rings is 1. The van der Waals surface area contributed by atoms with Gasteiger partial charge < -0.3 is 18.9 Å². The summed E-state index contributed by atoms with van der Waals surface area (Å²) in [7, 11) is 0. The summed E-state index contributed by atoms with van der Waals surface area (Å²) < 4.78 is 21.1. The number of rotatable bonds is 11. The van der Waals surface area contributed by atoms with Crippen LogP contribution in [0.15, 0.2) is 42.0 Å². The highest BCUT2D eigenvalue weighted by atomic mass is 16.6. The summed E-state index contributed by atoms with van der Waals surface area (Å²) in [5, 5.41) is 0. The molecule has 7 nitrogen and oxygen atoms in total. The Morgan fingerprint density at radius 1 is 0.964 bits per heavy atom. The lowest BCUT2D eigenvalue weighted by Gasteiger charge is -2.28. The number of hydrogen-bond acceptors (Lipinski definition) is 7. The van der Waals surface area contributed by atoms with E-state index in [-0.39, 0.29) is 38.4 Å². The third kappa shape index (κ3) is 7.15. The lowest BCUT2D eigenvalue weighted by molar-refractivity contribution is -0.167. The highest BCUT2D eigenvalue weighted by Gasteiger charge is 2.39. The smallest absolute Gasteiger partial charge is 0.342 e. The molecule has 7 heteroatoms. The Morgan fingerprint density at radius 3 is 2.14 bits per heavy atom. The van der Waals surface area contributed by atoms with E-state index in [4.69, 9.17) is 18.9 Å². The van der Waals surface area contributed by atoms with Gasteiger partial charge in [-0.05, 0) is 31.9 Å². The minimum absolute atomic E-state index is 0.0139. The maximum absolute atomic E-state index is 12.7.